The molecule has 4 atom stereocenters. The molecule has 1 rings (SSSR count). The molecule has 0 aromatic rings. The first-order chi connectivity index (χ1) is 13.6. The average molecular weight is 405 g/mol. The summed E-state index contributed by atoms with van der Waals surface area (Å²) in [6.45, 7) is 11.1. The summed E-state index contributed by atoms with van der Waals surface area (Å²) in [5.41, 5.74) is -1.19. The molecular weight excluding hydrogens is 360 g/mol. The van der Waals surface area contributed by atoms with Gasteiger partial charge in [-0.2, -0.15) is 0 Å². The van der Waals surface area contributed by atoms with Gasteiger partial charge in [0.2, 0.25) is 0 Å². The fraction of sp³-hybridized carbons (Fsp3) is 1.00. The summed E-state index contributed by atoms with van der Waals surface area (Å²) in [4.78, 5) is 0. The summed E-state index contributed by atoms with van der Waals surface area (Å²) in [7, 11) is 0. The van der Waals surface area contributed by atoms with Gasteiger partial charge in [-0.3, -0.25) is 0 Å². The van der Waals surface area contributed by atoms with E-state index in [1.807, 2.05) is 0 Å². The molecule has 6 nitrogen and oxygen atoms in total. The van der Waals surface area contributed by atoms with E-state index >= 15 is 0 Å². The van der Waals surface area contributed by atoms with Gasteiger partial charge in [-0.25, -0.2) is 0 Å². The third-order valence-corrected chi connectivity index (χ3v) is 5.52. The van der Waals surface area contributed by atoms with Crippen molar-refractivity contribution in [2.24, 2.45) is 5.92 Å². The summed E-state index contributed by atoms with van der Waals surface area (Å²) >= 11 is 0. The maximum atomic E-state index is 10.4. The van der Waals surface area contributed by atoms with Crippen LogP contribution in [0.3, 0.4) is 0 Å². The third kappa shape index (κ3) is 6.92. The Kier molecular flexibility index (Phi) is 13.5. The van der Waals surface area contributed by atoms with E-state index in [0.29, 0.717) is 33.0 Å². The maximum absolute atomic E-state index is 10.4. The zero-order valence-corrected chi connectivity index (χ0v) is 18.5. The lowest BCUT2D eigenvalue weighted by Crippen LogP contribution is -2.78. The highest BCUT2D eigenvalue weighted by molar-refractivity contribution is 5.15. The second kappa shape index (κ2) is 14.7. The lowest BCUT2D eigenvalue weighted by Gasteiger charge is -2.59. The zero-order chi connectivity index (χ0) is 20.8. The smallest absolute Gasteiger partial charge is 0.184 e. The Morgan fingerprint density at radius 3 is 1.86 bits per heavy atom. The molecule has 0 bridgehead atoms. The maximum Gasteiger partial charge on any atom is 0.184 e. The predicted octanol–water partition coefficient (Wildman–Crippen LogP) is 3.67. The zero-order valence-electron chi connectivity index (χ0n) is 18.5. The van der Waals surface area contributed by atoms with Crippen molar-refractivity contribution in [3.8, 4) is 0 Å². The van der Waals surface area contributed by atoms with Gasteiger partial charge < -0.3 is 29.2 Å². The van der Waals surface area contributed by atoms with Crippen LogP contribution < -0.4 is 0 Å². The Morgan fingerprint density at radius 2 is 1.29 bits per heavy atom. The third-order valence-electron chi connectivity index (χ3n) is 5.52. The van der Waals surface area contributed by atoms with Gasteiger partial charge in [0.25, 0.3) is 0 Å². The second-order valence-corrected chi connectivity index (χ2v) is 7.80. The lowest BCUT2D eigenvalue weighted by atomic mass is 9.63. The van der Waals surface area contributed by atoms with Crippen molar-refractivity contribution in [2.75, 3.05) is 33.0 Å². The molecule has 0 aromatic carbocycles. The van der Waals surface area contributed by atoms with Crippen LogP contribution in [-0.4, -0.2) is 67.3 Å². The van der Waals surface area contributed by atoms with E-state index in [1.54, 1.807) is 0 Å². The summed E-state index contributed by atoms with van der Waals surface area (Å²) in [5.74, 6) is -0.260. The van der Waals surface area contributed by atoms with Gasteiger partial charge in [0.05, 0.1) is 12.7 Å². The minimum atomic E-state index is -1.64. The molecule has 0 aromatic heterocycles. The fourth-order valence-corrected chi connectivity index (χ4v) is 3.64. The van der Waals surface area contributed by atoms with Gasteiger partial charge in [-0.1, -0.05) is 53.4 Å². The van der Waals surface area contributed by atoms with E-state index in [1.165, 1.54) is 0 Å². The topological polar surface area (TPSA) is 77.4 Å². The van der Waals surface area contributed by atoms with Gasteiger partial charge in [0, 0.05) is 32.3 Å². The molecule has 0 aliphatic heterocycles. The number of hydrogen-bond donors (Lipinski definition) is 2. The molecule has 0 heterocycles. The summed E-state index contributed by atoms with van der Waals surface area (Å²) in [5, 5.41) is 20.7. The molecule has 4 unspecified atom stereocenters. The van der Waals surface area contributed by atoms with E-state index in [9.17, 15) is 10.2 Å². The van der Waals surface area contributed by atoms with Crippen LogP contribution >= 0.6 is 0 Å². The molecule has 0 amide bonds. The standard InChI is InChI=1S/C22H44O6/c1-5-9-13-25-17-18-19(26-14-10-6-2)20(27-15-11-7-3)22(18,21(23)24)28-16-12-8-4/h18-21,23-24H,5-17H2,1-4H3. The average Bonchev–Trinajstić information content (AvgIpc) is 2.68. The van der Waals surface area contributed by atoms with Crippen molar-refractivity contribution < 1.29 is 29.2 Å². The highest BCUT2D eigenvalue weighted by Crippen LogP contribution is 2.48. The van der Waals surface area contributed by atoms with Crippen LogP contribution in [0, 0.1) is 5.92 Å². The molecule has 1 fully saturated rings. The van der Waals surface area contributed by atoms with Crippen molar-refractivity contribution >= 4 is 0 Å². The van der Waals surface area contributed by atoms with Crippen LogP contribution in [0.4, 0.5) is 0 Å². The van der Waals surface area contributed by atoms with Crippen molar-refractivity contribution in [3.05, 3.63) is 0 Å². The van der Waals surface area contributed by atoms with E-state index in [4.69, 9.17) is 18.9 Å². The van der Waals surface area contributed by atoms with Crippen LogP contribution in [0.25, 0.3) is 0 Å². The first kappa shape index (κ1) is 25.8. The molecular formula is C22H44O6. The van der Waals surface area contributed by atoms with Crippen LogP contribution in [0.2, 0.25) is 0 Å². The first-order valence-electron chi connectivity index (χ1n) is 11.4. The van der Waals surface area contributed by atoms with E-state index in [0.717, 1.165) is 51.4 Å². The number of hydrogen-bond acceptors (Lipinski definition) is 6. The number of ether oxygens (including phenoxy) is 4. The Morgan fingerprint density at radius 1 is 0.750 bits per heavy atom. The molecule has 168 valence electrons. The predicted molar refractivity (Wildman–Crippen MR) is 110 cm³/mol. The fourth-order valence-electron chi connectivity index (χ4n) is 3.64. The monoisotopic (exact) mass is 404 g/mol. The summed E-state index contributed by atoms with van der Waals surface area (Å²) in [6.07, 6.45) is 5.46. The van der Waals surface area contributed by atoms with Crippen LogP contribution in [0.15, 0.2) is 0 Å². The highest BCUT2D eigenvalue weighted by Gasteiger charge is 2.68. The molecule has 0 radical (unpaired) electrons. The second-order valence-electron chi connectivity index (χ2n) is 7.80. The Bertz CT molecular complexity index is 378. The van der Waals surface area contributed by atoms with Crippen molar-refractivity contribution in [1.29, 1.82) is 0 Å². The molecule has 0 saturated heterocycles. The molecule has 6 heteroatoms. The van der Waals surface area contributed by atoms with Crippen LogP contribution in [0.1, 0.15) is 79.1 Å². The van der Waals surface area contributed by atoms with Gasteiger partial charge >= 0.3 is 0 Å². The van der Waals surface area contributed by atoms with Crippen LogP contribution in [-0.2, 0) is 18.9 Å². The quantitative estimate of drug-likeness (QED) is 0.268. The molecule has 1 saturated carbocycles. The highest BCUT2D eigenvalue weighted by atomic mass is 16.6. The molecule has 2 N–H and O–H groups in total. The minimum absolute atomic E-state index is 0.242. The minimum Gasteiger partial charge on any atom is -0.381 e. The van der Waals surface area contributed by atoms with Gasteiger partial charge in [-0.05, 0) is 25.7 Å². The van der Waals surface area contributed by atoms with Gasteiger partial charge in [0.15, 0.2) is 11.9 Å². The number of aliphatic hydroxyl groups is 2. The summed E-state index contributed by atoms with van der Waals surface area (Å²) < 4.78 is 24.2. The van der Waals surface area contributed by atoms with E-state index < -0.39 is 18.0 Å². The largest absolute Gasteiger partial charge is 0.381 e. The summed E-state index contributed by atoms with van der Waals surface area (Å²) in [6, 6.07) is 0. The van der Waals surface area contributed by atoms with Crippen LogP contribution in [0.5, 0.6) is 0 Å². The Balaban J connectivity index is 2.95. The van der Waals surface area contributed by atoms with Crippen molar-refractivity contribution in [2.45, 2.75) is 103 Å². The number of unbranched alkanes of at least 4 members (excludes halogenated alkanes) is 4. The number of rotatable bonds is 18. The molecule has 1 aliphatic carbocycles. The Hall–Kier alpha value is -0.240. The lowest BCUT2D eigenvalue weighted by molar-refractivity contribution is -0.370. The molecule has 28 heavy (non-hydrogen) atoms. The molecule has 0 spiro atoms. The molecule has 1 aliphatic rings. The van der Waals surface area contributed by atoms with E-state index in [-0.39, 0.29) is 12.0 Å². The first-order valence-corrected chi connectivity index (χ1v) is 11.4. The van der Waals surface area contributed by atoms with E-state index in [2.05, 4.69) is 27.7 Å². The van der Waals surface area contributed by atoms with Crippen molar-refractivity contribution in [3.63, 3.8) is 0 Å². The van der Waals surface area contributed by atoms with Gasteiger partial charge in [0.1, 0.15) is 6.10 Å². The van der Waals surface area contributed by atoms with Crippen molar-refractivity contribution in [1.82, 2.24) is 0 Å². The Labute approximate surface area is 171 Å². The number of aliphatic hydroxyl groups excluding tert-OH is 1. The van der Waals surface area contributed by atoms with Gasteiger partial charge in [-0.15, -0.1) is 0 Å². The normalized spacial score (nSPS) is 27.3. The SMILES string of the molecule is CCCCOCC1C(OCCCC)C(OCCCC)C1(OCCCC)C(O)O.